The van der Waals surface area contributed by atoms with E-state index in [0.717, 1.165) is 11.1 Å². The molecule has 1 aromatic rings. The SMILES string of the molecule is COc1cc2c(cc1F)CC(N)=NC=C2.Cl. The summed E-state index contributed by atoms with van der Waals surface area (Å²) in [6.07, 6.45) is 3.86. The minimum atomic E-state index is -0.376. The number of benzene rings is 1. The highest BCUT2D eigenvalue weighted by atomic mass is 35.5. The molecular weight excluding hydrogens is 231 g/mol. The van der Waals surface area contributed by atoms with Crippen LogP contribution in [-0.4, -0.2) is 12.9 Å². The zero-order chi connectivity index (χ0) is 10.8. The highest BCUT2D eigenvalue weighted by Gasteiger charge is 2.11. The van der Waals surface area contributed by atoms with Crippen LogP contribution in [0.25, 0.3) is 6.08 Å². The van der Waals surface area contributed by atoms with E-state index in [1.54, 1.807) is 18.3 Å². The van der Waals surface area contributed by atoms with E-state index in [0.29, 0.717) is 12.3 Å². The van der Waals surface area contributed by atoms with Crippen LogP contribution in [0.1, 0.15) is 11.1 Å². The van der Waals surface area contributed by atoms with Gasteiger partial charge in [0, 0.05) is 12.6 Å². The van der Waals surface area contributed by atoms with Gasteiger partial charge in [0.1, 0.15) is 5.84 Å². The van der Waals surface area contributed by atoms with Crippen molar-refractivity contribution in [2.75, 3.05) is 7.11 Å². The lowest BCUT2D eigenvalue weighted by atomic mass is 10.0. The summed E-state index contributed by atoms with van der Waals surface area (Å²) in [4.78, 5) is 3.97. The highest BCUT2D eigenvalue weighted by Crippen LogP contribution is 2.24. The third-order valence-corrected chi connectivity index (χ3v) is 2.28. The van der Waals surface area contributed by atoms with Crippen LogP contribution in [0, 0.1) is 5.82 Å². The van der Waals surface area contributed by atoms with Crippen molar-refractivity contribution in [1.82, 2.24) is 0 Å². The summed E-state index contributed by atoms with van der Waals surface area (Å²) in [5, 5.41) is 0. The molecule has 0 saturated heterocycles. The van der Waals surface area contributed by atoms with Crippen molar-refractivity contribution in [1.29, 1.82) is 0 Å². The topological polar surface area (TPSA) is 47.6 Å². The predicted molar refractivity (Wildman–Crippen MR) is 64.6 cm³/mol. The molecule has 2 N–H and O–H groups in total. The summed E-state index contributed by atoms with van der Waals surface area (Å²) in [6.45, 7) is 0. The maximum absolute atomic E-state index is 13.4. The first-order valence-electron chi connectivity index (χ1n) is 4.56. The number of ether oxygens (including phenoxy) is 1. The second-order valence-electron chi connectivity index (χ2n) is 3.30. The van der Waals surface area contributed by atoms with Crippen LogP contribution in [0.15, 0.2) is 23.3 Å². The third kappa shape index (κ3) is 2.33. The Balaban J connectivity index is 0.00000128. The molecule has 0 unspecified atom stereocenters. The molecule has 0 amide bonds. The second kappa shape index (κ2) is 4.99. The lowest BCUT2D eigenvalue weighted by Gasteiger charge is -2.07. The molecular formula is C11H12ClFN2O. The lowest BCUT2D eigenvalue weighted by Crippen LogP contribution is -2.14. The summed E-state index contributed by atoms with van der Waals surface area (Å²) in [6, 6.07) is 3.08. The maximum atomic E-state index is 13.4. The first-order chi connectivity index (χ1) is 7.20. The van der Waals surface area contributed by atoms with E-state index in [9.17, 15) is 4.39 Å². The molecule has 1 aliphatic heterocycles. The van der Waals surface area contributed by atoms with Gasteiger partial charge in [-0.1, -0.05) is 0 Å². The standard InChI is InChI=1S/C11H11FN2O.ClH/c1-15-10-5-7-2-3-14-11(13)6-8(7)4-9(10)12;/h2-5H,6H2,1H3,(H2,13,14);1H. The van der Waals surface area contributed by atoms with Crippen molar-refractivity contribution in [3.63, 3.8) is 0 Å². The van der Waals surface area contributed by atoms with Gasteiger partial charge in [0.2, 0.25) is 0 Å². The molecule has 0 aliphatic carbocycles. The smallest absolute Gasteiger partial charge is 0.165 e. The van der Waals surface area contributed by atoms with E-state index >= 15 is 0 Å². The normalized spacial score (nSPS) is 13.2. The molecule has 0 fully saturated rings. The van der Waals surface area contributed by atoms with Crippen LogP contribution in [0.2, 0.25) is 0 Å². The number of nitrogens with two attached hydrogens (primary N) is 1. The second-order valence-corrected chi connectivity index (χ2v) is 3.30. The molecule has 5 heteroatoms. The van der Waals surface area contributed by atoms with Crippen molar-refractivity contribution in [3.05, 3.63) is 35.3 Å². The van der Waals surface area contributed by atoms with Gasteiger partial charge >= 0.3 is 0 Å². The molecule has 0 saturated carbocycles. The number of amidine groups is 1. The van der Waals surface area contributed by atoms with Gasteiger partial charge in [-0.15, -0.1) is 12.4 Å². The minimum Gasteiger partial charge on any atom is -0.494 e. The summed E-state index contributed by atoms with van der Waals surface area (Å²) in [5.41, 5.74) is 7.32. The Hall–Kier alpha value is -1.55. The maximum Gasteiger partial charge on any atom is 0.165 e. The molecule has 1 aliphatic rings. The lowest BCUT2D eigenvalue weighted by molar-refractivity contribution is 0.386. The van der Waals surface area contributed by atoms with Crippen LogP contribution < -0.4 is 10.5 Å². The van der Waals surface area contributed by atoms with Crippen LogP contribution in [0.3, 0.4) is 0 Å². The highest BCUT2D eigenvalue weighted by molar-refractivity contribution is 5.86. The van der Waals surface area contributed by atoms with Gasteiger partial charge in [-0.2, -0.15) is 0 Å². The molecule has 0 atom stereocenters. The number of nitrogens with zero attached hydrogens (tertiary/aromatic N) is 1. The zero-order valence-electron chi connectivity index (χ0n) is 8.74. The minimum absolute atomic E-state index is 0. The number of rotatable bonds is 1. The number of halogens is 2. The Labute approximate surface area is 99.2 Å². The predicted octanol–water partition coefficient (Wildman–Crippen LogP) is 2.14. The van der Waals surface area contributed by atoms with Gasteiger partial charge in [0.25, 0.3) is 0 Å². The van der Waals surface area contributed by atoms with Crippen molar-refractivity contribution in [3.8, 4) is 5.75 Å². The quantitative estimate of drug-likeness (QED) is 0.820. The van der Waals surface area contributed by atoms with Crippen LogP contribution >= 0.6 is 12.4 Å². The number of hydrogen-bond donors (Lipinski definition) is 1. The largest absolute Gasteiger partial charge is 0.494 e. The van der Waals surface area contributed by atoms with E-state index in [1.165, 1.54) is 13.2 Å². The molecule has 86 valence electrons. The first kappa shape index (κ1) is 12.5. The molecule has 16 heavy (non-hydrogen) atoms. The van der Waals surface area contributed by atoms with E-state index in [-0.39, 0.29) is 24.0 Å². The molecule has 2 rings (SSSR count). The van der Waals surface area contributed by atoms with Crippen molar-refractivity contribution in [2.45, 2.75) is 6.42 Å². The average Bonchev–Trinajstić information content (AvgIpc) is 2.37. The molecule has 3 nitrogen and oxygen atoms in total. The molecule has 0 bridgehead atoms. The number of hydrogen-bond acceptors (Lipinski definition) is 3. The first-order valence-corrected chi connectivity index (χ1v) is 4.56. The van der Waals surface area contributed by atoms with E-state index in [1.807, 2.05) is 0 Å². The van der Waals surface area contributed by atoms with Gasteiger partial charge in [0.15, 0.2) is 11.6 Å². The molecule has 1 heterocycles. The van der Waals surface area contributed by atoms with Crippen molar-refractivity contribution in [2.24, 2.45) is 10.7 Å². The molecule has 1 aromatic carbocycles. The Kier molecular flexibility index (Phi) is 3.90. The van der Waals surface area contributed by atoms with E-state index in [2.05, 4.69) is 4.99 Å². The van der Waals surface area contributed by atoms with Gasteiger partial charge in [-0.05, 0) is 29.3 Å². The summed E-state index contributed by atoms with van der Waals surface area (Å²) >= 11 is 0. The number of aliphatic imine (C=N–C) groups is 1. The molecule has 0 spiro atoms. The Bertz CT molecular complexity index is 458. The fraction of sp³-hybridized carbons (Fsp3) is 0.182. The summed E-state index contributed by atoms with van der Waals surface area (Å²) in [5.74, 6) is 0.341. The van der Waals surface area contributed by atoms with E-state index in [4.69, 9.17) is 10.5 Å². The number of fused-ring (bicyclic) bond motifs is 1. The average molecular weight is 243 g/mol. The Morgan fingerprint density at radius 2 is 2.19 bits per heavy atom. The summed E-state index contributed by atoms with van der Waals surface area (Å²) in [7, 11) is 1.44. The van der Waals surface area contributed by atoms with Crippen molar-refractivity contribution >= 4 is 24.3 Å². The van der Waals surface area contributed by atoms with Crippen LogP contribution in [0.4, 0.5) is 4.39 Å². The van der Waals surface area contributed by atoms with Crippen molar-refractivity contribution < 1.29 is 9.13 Å². The van der Waals surface area contributed by atoms with Crippen LogP contribution in [0.5, 0.6) is 5.75 Å². The monoisotopic (exact) mass is 242 g/mol. The summed E-state index contributed by atoms with van der Waals surface area (Å²) < 4.78 is 18.3. The Morgan fingerprint density at radius 1 is 1.44 bits per heavy atom. The van der Waals surface area contributed by atoms with Gasteiger partial charge in [0.05, 0.1) is 7.11 Å². The third-order valence-electron chi connectivity index (χ3n) is 2.28. The molecule has 0 aromatic heterocycles. The van der Waals surface area contributed by atoms with Gasteiger partial charge in [-0.25, -0.2) is 9.38 Å². The number of methoxy groups -OCH3 is 1. The van der Waals surface area contributed by atoms with Gasteiger partial charge in [-0.3, -0.25) is 0 Å². The van der Waals surface area contributed by atoms with Gasteiger partial charge < -0.3 is 10.5 Å². The Morgan fingerprint density at radius 3 is 2.88 bits per heavy atom. The zero-order valence-corrected chi connectivity index (χ0v) is 9.55. The van der Waals surface area contributed by atoms with E-state index < -0.39 is 0 Å². The fourth-order valence-corrected chi connectivity index (χ4v) is 1.53. The fourth-order valence-electron chi connectivity index (χ4n) is 1.53. The molecule has 0 radical (unpaired) electrons. The van der Waals surface area contributed by atoms with Crippen LogP contribution in [-0.2, 0) is 6.42 Å².